The van der Waals surface area contributed by atoms with Crippen LogP contribution >= 0.6 is 99.0 Å². The number of aliphatic hydroxyl groups excluding tert-OH is 3. The van der Waals surface area contributed by atoms with Crippen LogP contribution < -0.4 is 5.46 Å². The molecule has 24 nitrogen and oxygen atoms in total. The Kier molecular flexibility index (Phi) is 51.2. The van der Waals surface area contributed by atoms with Crippen LogP contribution in [0.25, 0.3) is 0 Å². The van der Waals surface area contributed by atoms with Crippen LogP contribution in [0.15, 0.2) is 164 Å². The number of halogens is 4. The minimum atomic E-state index is -3.43. The summed E-state index contributed by atoms with van der Waals surface area (Å²) in [5, 5.41) is 26.4. The van der Waals surface area contributed by atoms with Gasteiger partial charge in [-0.1, -0.05) is 75.9 Å². The van der Waals surface area contributed by atoms with Crippen molar-refractivity contribution in [3.8, 4) is 0 Å². The van der Waals surface area contributed by atoms with Gasteiger partial charge >= 0.3 is 7.12 Å². The molecule has 654 valence electrons. The van der Waals surface area contributed by atoms with Gasteiger partial charge in [0, 0.05) is 147 Å². The Hall–Kier alpha value is -1.74. The Morgan fingerprint density at radius 2 is 0.696 bits per heavy atom. The molecule has 5 aromatic carbocycles. The molecule has 4 heterocycles. The molecule has 4 aliphatic heterocycles. The molecule has 4 aliphatic rings. The maximum Gasteiger partial charge on any atom is 0.494 e. The second-order valence-electron chi connectivity index (χ2n) is 29.9. The fraction of sp³-hybridized carbons (Fsp3) is 0.625. The van der Waals surface area contributed by atoms with Gasteiger partial charge in [0.15, 0.2) is 37.0 Å². The largest absolute Gasteiger partial charge is 0.494 e. The zero-order chi connectivity index (χ0) is 86.1. The number of benzene rings is 5. The maximum absolute atomic E-state index is 12.7. The molecular weight excluding hydrogens is 1870 g/mol. The highest BCUT2D eigenvalue weighted by molar-refractivity contribution is 9.11. The van der Waals surface area contributed by atoms with Gasteiger partial charge in [0.25, 0.3) is 10.1 Å². The van der Waals surface area contributed by atoms with Gasteiger partial charge in [-0.3, -0.25) is 4.18 Å². The number of ether oxygens (including phenoxy) is 12. The van der Waals surface area contributed by atoms with E-state index in [-0.39, 0.29) is 72.4 Å². The maximum atomic E-state index is 12.7. The van der Waals surface area contributed by atoms with E-state index in [0.717, 1.165) is 78.2 Å². The Morgan fingerprint density at radius 1 is 0.409 bits per heavy atom. The van der Waals surface area contributed by atoms with Gasteiger partial charge in [0.2, 0.25) is 0 Å². The van der Waals surface area contributed by atoms with Crippen molar-refractivity contribution in [1.29, 1.82) is 0 Å². The molecule has 4 saturated heterocycles. The molecule has 9 rings (SSSR count). The Morgan fingerprint density at radius 3 is 1.01 bits per heavy atom. The summed E-state index contributed by atoms with van der Waals surface area (Å²) in [5.41, 5.74) is -0.0702. The molecule has 0 aromatic heterocycles. The van der Waals surface area contributed by atoms with Crippen LogP contribution in [0.3, 0.4) is 0 Å². The molecule has 4 fully saturated rings. The van der Waals surface area contributed by atoms with Crippen LogP contribution in [0.5, 0.6) is 0 Å². The summed E-state index contributed by atoms with van der Waals surface area (Å²) >= 11 is 18.8. The lowest BCUT2D eigenvalue weighted by Crippen LogP contribution is -2.41. The van der Waals surface area contributed by atoms with Crippen molar-refractivity contribution in [3.63, 3.8) is 0 Å². The highest BCUT2D eigenvalue weighted by atomic mass is 79.9. The average Bonchev–Trinajstić information content (AvgIpc) is 1.62. The first-order valence-corrected chi connectivity index (χ1v) is 48.5. The lowest BCUT2D eigenvalue weighted by atomic mass is 9.79. The summed E-state index contributed by atoms with van der Waals surface area (Å²) in [6.07, 6.45) is 1.03. The summed E-state index contributed by atoms with van der Waals surface area (Å²) in [6, 6.07) is 38.1. The predicted octanol–water partition coefficient (Wildman–Crippen LogP) is 14.1. The van der Waals surface area contributed by atoms with Gasteiger partial charge in [0.05, 0.1) is 131 Å². The van der Waals surface area contributed by atoms with Gasteiger partial charge in [-0.2, -0.15) is 8.42 Å². The number of thioether (sulfide) groups is 3. The van der Waals surface area contributed by atoms with Crippen LogP contribution in [0, 0.1) is 41.4 Å². The highest BCUT2D eigenvalue weighted by Gasteiger charge is 2.52. The van der Waals surface area contributed by atoms with Crippen LogP contribution in [0.2, 0.25) is 0 Å². The van der Waals surface area contributed by atoms with Crippen molar-refractivity contribution in [1.82, 2.24) is 0 Å². The first-order chi connectivity index (χ1) is 54.0. The van der Waals surface area contributed by atoms with E-state index in [2.05, 4.69) is 116 Å². The van der Waals surface area contributed by atoms with E-state index >= 15 is 0 Å². The summed E-state index contributed by atoms with van der Waals surface area (Å²) in [5.74, 6) is 2.06. The standard InChI is InChI=1S/C18H29BO6S.C13H17BrO2S.C12H17BrO4S.C12H17BrO2S.C10H13BrO2S.C8H16O5S.C7H14O3/c1-17(2)18(3,4)25-19(24-17)15-7-9-16(10-8-15)26(20,21)13-14(11-22-5)12-23-6;1-13(2)15-7-10(8-16-13)9-17-12-5-3-11(14)4-6-12;1-16-7-10(8-17-2)9-18(14,15)12-5-3-11(13)4-6-12;1-14-7-10(8-15-2)9-16-12-5-3-11(13)4-6-12;11-9-1-3-10(4-2-9)14-7-8(5-12)6-13;1-8(2)11-4-7(5-12-8)6-13-14(3,9)10;1-7(2)9-4-6(3-8)5-10-7/h7-10,14H,11-13H2,1-6H3;3-6,10H,7-9H2,1-2H3;3-6,10H,7-9H2,1-2H3;3-6,10H,7-9H2,1-2H3;1-4,8,12-13H,5-7H2;7H,4-6H2,1-3H3;6,8H,3-5H2,1-2H3. The lowest BCUT2D eigenvalue weighted by molar-refractivity contribution is -0.265. The second kappa shape index (κ2) is 54.8. The van der Waals surface area contributed by atoms with Gasteiger partial charge in [-0.15, -0.1) is 35.3 Å². The predicted molar refractivity (Wildman–Crippen MR) is 471 cm³/mol. The third-order valence-corrected chi connectivity index (χ3v) is 27.7. The molecule has 115 heavy (non-hydrogen) atoms. The highest BCUT2D eigenvalue weighted by Crippen LogP contribution is 2.37. The van der Waals surface area contributed by atoms with E-state index in [1.165, 1.54) is 9.79 Å². The Labute approximate surface area is 732 Å². The van der Waals surface area contributed by atoms with Crippen molar-refractivity contribution in [2.75, 3.05) is 183 Å². The molecule has 35 heteroatoms. The molecule has 0 unspecified atom stereocenters. The minimum Gasteiger partial charge on any atom is -0.399 e. The van der Waals surface area contributed by atoms with Crippen molar-refractivity contribution >= 4 is 141 Å². The third-order valence-electron chi connectivity index (χ3n) is 17.5. The zero-order valence-corrected chi connectivity index (χ0v) is 80.6. The van der Waals surface area contributed by atoms with E-state index in [4.69, 9.17) is 81.5 Å². The summed E-state index contributed by atoms with van der Waals surface area (Å²) in [6.45, 7) is 26.2. The SMILES string of the molecule is CC1(C)OCC(CO)CO1.CC1(C)OCC(COS(C)(=O)=O)CO1.CC1(C)OCC(CSc2ccc(Br)cc2)CO1.COCC(COC)CS(=O)(=O)c1ccc(B2OC(C)(C)C(C)(C)O2)cc1.COCC(COC)CS(=O)(=O)c1ccc(Br)cc1.COCC(COC)CSc1ccc(Br)cc1.OCC(CO)CSc1ccc(Br)cc1. The number of hydrogen-bond acceptors (Lipinski definition) is 27. The molecule has 0 bridgehead atoms. The Bertz CT molecular complexity index is 3740. The fourth-order valence-corrected chi connectivity index (χ4v) is 17.7. The normalized spacial score (nSPS) is 17.3. The number of methoxy groups -OCH3 is 6. The molecule has 0 spiro atoms. The monoisotopic (exact) mass is 1990 g/mol. The van der Waals surface area contributed by atoms with E-state index in [1.807, 2.05) is 117 Å². The molecule has 0 aliphatic carbocycles. The number of rotatable bonds is 34. The van der Waals surface area contributed by atoms with Crippen LogP contribution in [-0.4, -0.2) is 260 Å². The van der Waals surface area contributed by atoms with Gasteiger partial charge < -0.3 is 81.5 Å². The lowest BCUT2D eigenvalue weighted by Gasteiger charge is -2.34. The van der Waals surface area contributed by atoms with Crippen molar-refractivity contribution in [3.05, 3.63) is 139 Å². The van der Waals surface area contributed by atoms with Crippen LogP contribution in [0.1, 0.15) is 69.2 Å². The first-order valence-electron chi connectivity index (χ1n) is 37.3. The third kappa shape index (κ3) is 44.9. The van der Waals surface area contributed by atoms with Crippen LogP contribution in [-0.2, 0) is 100 Å². The quantitative estimate of drug-likeness (QED) is 0.0196. The van der Waals surface area contributed by atoms with Gasteiger partial charge in [-0.05, 0) is 184 Å². The molecule has 0 radical (unpaired) electrons. The summed E-state index contributed by atoms with van der Waals surface area (Å²) < 4.78 is 155. The van der Waals surface area contributed by atoms with Crippen molar-refractivity contribution in [2.45, 2.75) is 122 Å². The molecule has 0 amide bonds. The number of hydrogen-bond donors (Lipinski definition) is 3. The van der Waals surface area contributed by atoms with Crippen molar-refractivity contribution < 1.29 is 111 Å². The summed E-state index contributed by atoms with van der Waals surface area (Å²) in [4.78, 5) is 4.32. The smallest absolute Gasteiger partial charge is 0.399 e. The van der Waals surface area contributed by atoms with Crippen molar-refractivity contribution in [2.24, 2.45) is 41.4 Å². The van der Waals surface area contributed by atoms with Gasteiger partial charge in [0.1, 0.15) is 0 Å². The second-order valence-corrected chi connectivity index (χ2v) is 42.5. The van der Waals surface area contributed by atoms with E-state index in [1.54, 1.807) is 103 Å². The topological polar surface area (TPSA) is 302 Å². The molecule has 0 saturated carbocycles. The van der Waals surface area contributed by atoms with Gasteiger partial charge in [-0.25, -0.2) is 16.8 Å². The van der Waals surface area contributed by atoms with E-state index < -0.39 is 65.5 Å². The minimum absolute atomic E-state index is 0.0160. The molecule has 0 atom stereocenters. The van der Waals surface area contributed by atoms with E-state index in [0.29, 0.717) is 69.6 Å². The van der Waals surface area contributed by atoms with Crippen LogP contribution in [0.4, 0.5) is 0 Å². The fourth-order valence-electron chi connectivity index (χ4n) is 10.2. The molecule has 3 N–H and O–H groups in total. The number of sulfone groups is 2. The zero-order valence-electron chi connectivity index (χ0n) is 69.4. The van der Waals surface area contributed by atoms with E-state index in [9.17, 15) is 25.3 Å². The summed E-state index contributed by atoms with van der Waals surface area (Å²) in [7, 11) is -0.944. The average molecular weight is 1990 g/mol. The molecule has 5 aromatic rings. The first kappa shape index (κ1) is 107. The number of aliphatic hydroxyl groups is 3. The molecular formula is C80H123BBr4O24S6. The Balaban J connectivity index is 0.000000353.